The van der Waals surface area contributed by atoms with Crippen molar-refractivity contribution in [2.45, 2.75) is 18.0 Å². The van der Waals surface area contributed by atoms with Gasteiger partial charge in [-0.1, -0.05) is 17.9 Å². The molecule has 1 rings (SSSR count). The molecule has 110 valence electrons. The number of halogens is 3. The Morgan fingerprint density at radius 3 is 2.55 bits per heavy atom. The van der Waals surface area contributed by atoms with E-state index >= 15 is 0 Å². The van der Waals surface area contributed by atoms with Crippen LogP contribution in [0.15, 0.2) is 23.1 Å². The predicted molar refractivity (Wildman–Crippen MR) is 66.4 cm³/mol. The number of benzene rings is 1. The summed E-state index contributed by atoms with van der Waals surface area (Å²) in [5.74, 6) is 4.82. The molecule has 1 aromatic carbocycles. The Kier molecular flexibility index (Phi) is 5.16. The van der Waals surface area contributed by atoms with Gasteiger partial charge in [0.15, 0.2) is 0 Å². The van der Waals surface area contributed by atoms with Crippen LogP contribution in [0.4, 0.5) is 13.2 Å². The van der Waals surface area contributed by atoms with Gasteiger partial charge in [-0.3, -0.25) is 0 Å². The number of nitrogens with one attached hydrogen (secondary N) is 1. The van der Waals surface area contributed by atoms with Gasteiger partial charge in [0.2, 0.25) is 10.0 Å². The SMILES string of the molecule is Cc1ccc(C#CCO)cc1S(=O)(=O)NCC(F)(F)F. The van der Waals surface area contributed by atoms with Gasteiger partial charge < -0.3 is 5.11 Å². The maximum absolute atomic E-state index is 12.1. The van der Waals surface area contributed by atoms with E-state index in [9.17, 15) is 21.6 Å². The zero-order valence-corrected chi connectivity index (χ0v) is 11.3. The van der Waals surface area contributed by atoms with E-state index in [-0.39, 0.29) is 10.5 Å². The highest BCUT2D eigenvalue weighted by atomic mass is 32.2. The Balaban J connectivity index is 3.11. The fraction of sp³-hybridized carbons (Fsp3) is 0.333. The maximum atomic E-state index is 12.1. The summed E-state index contributed by atoms with van der Waals surface area (Å²) in [6.45, 7) is -0.574. The van der Waals surface area contributed by atoms with Crippen LogP contribution < -0.4 is 4.72 Å². The molecule has 0 amide bonds. The van der Waals surface area contributed by atoms with E-state index in [4.69, 9.17) is 5.11 Å². The fourth-order valence-electron chi connectivity index (χ4n) is 1.36. The van der Waals surface area contributed by atoms with Gasteiger partial charge in [0.1, 0.15) is 13.2 Å². The highest BCUT2D eigenvalue weighted by Gasteiger charge is 2.30. The molecule has 0 unspecified atom stereocenters. The van der Waals surface area contributed by atoms with Gasteiger partial charge in [-0.2, -0.15) is 13.2 Å². The minimum absolute atomic E-state index is 0.272. The van der Waals surface area contributed by atoms with Crippen molar-refractivity contribution in [3.05, 3.63) is 29.3 Å². The molecular formula is C12H12F3NO3S. The van der Waals surface area contributed by atoms with Crippen molar-refractivity contribution in [3.8, 4) is 11.8 Å². The third-order valence-corrected chi connectivity index (χ3v) is 3.80. The average Bonchev–Trinajstić information content (AvgIpc) is 2.34. The summed E-state index contributed by atoms with van der Waals surface area (Å²) in [5, 5.41) is 8.56. The number of aliphatic hydroxyl groups excluding tert-OH is 1. The highest BCUT2D eigenvalue weighted by molar-refractivity contribution is 7.89. The van der Waals surface area contributed by atoms with Gasteiger partial charge in [0.25, 0.3) is 0 Å². The monoisotopic (exact) mass is 307 g/mol. The van der Waals surface area contributed by atoms with Crippen LogP contribution in [-0.2, 0) is 10.0 Å². The molecule has 0 aliphatic heterocycles. The van der Waals surface area contributed by atoms with Crippen LogP contribution in [0.5, 0.6) is 0 Å². The molecule has 0 saturated heterocycles. The van der Waals surface area contributed by atoms with Crippen molar-refractivity contribution in [3.63, 3.8) is 0 Å². The van der Waals surface area contributed by atoms with E-state index in [0.717, 1.165) is 6.07 Å². The lowest BCUT2D eigenvalue weighted by Crippen LogP contribution is -2.34. The highest BCUT2D eigenvalue weighted by Crippen LogP contribution is 2.19. The van der Waals surface area contributed by atoms with Gasteiger partial charge in [0, 0.05) is 5.56 Å². The summed E-state index contributed by atoms with van der Waals surface area (Å²) in [5.41, 5.74) is 0.589. The van der Waals surface area contributed by atoms with Crippen LogP contribution in [0.3, 0.4) is 0 Å². The Morgan fingerprint density at radius 1 is 1.35 bits per heavy atom. The topological polar surface area (TPSA) is 66.4 Å². The van der Waals surface area contributed by atoms with E-state index in [2.05, 4.69) is 11.8 Å². The second-order valence-corrected chi connectivity index (χ2v) is 5.62. The predicted octanol–water partition coefficient (Wildman–Crippen LogP) is 1.18. The number of aryl methyl sites for hydroxylation is 1. The second kappa shape index (κ2) is 6.26. The zero-order valence-electron chi connectivity index (χ0n) is 10.5. The van der Waals surface area contributed by atoms with Crippen LogP contribution in [0.2, 0.25) is 0 Å². The molecule has 0 heterocycles. The van der Waals surface area contributed by atoms with Crippen LogP contribution in [-0.4, -0.2) is 32.9 Å². The third kappa shape index (κ3) is 4.85. The zero-order chi connectivity index (χ0) is 15.4. The second-order valence-electron chi connectivity index (χ2n) is 3.88. The van der Waals surface area contributed by atoms with Crippen molar-refractivity contribution in [1.29, 1.82) is 0 Å². The van der Waals surface area contributed by atoms with Crippen molar-refractivity contribution in [1.82, 2.24) is 4.72 Å². The van der Waals surface area contributed by atoms with E-state index in [0.29, 0.717) is 5.56 Å². The number of sulfonamides is 1. The molecule has 0 atom stereocenters. The molecule has 0 aliphatic carbocycles. The molecule has 8 heteroatoms. The smallest absolute Gasteiger partial charge is 0.384 e. The van der Waals surface area contributed by atoms with Crippen molar-refractivity contribution >= 4 is 10.0 Å². The molecule has 0 aromatic heterocycles. The van der Waals surface area contributed by atoms with E-state index in [1.54, 1.807) is 0 Å². The van der Waals surface area contributed by atoms with Crippen LogP contribution in [0, 0.1) is 18.8 Å². The largest absolute Gasteiger partial charge is 0.402 e. The Morgan fingerprint density at radius 2 is 2.00 bits per heavy atom. The summed E-state index contributed by atoms with van der Waals surface area (Å²) >= 11 is 0. The van der Waals surface area contributed by atoms with Crippen molar-refractivity contribution < 1.29 is 26.7 Å². The van der Waals surface area contributed by atoms with E-state index < -0.39 is 29.4 Å². The maximum Gasteiger partial charge on any atom is 0.402 e. The van der Waals surface area contributed by atoms with Gasteiger partial charge in [0.05, 0.1) is 4.90 Å². The lowest BCUT2D eigenvalue weighted by Gasteiger charge is -2.11. The summed E-state index contributed by atoms with van der Waals surface area (Å²) in [6, 6.07) is 4.11. The van der Waals surface area contributed by atoms with Crippen molar-refractivity contribution in [2.24, 2.45) is 0 Å². The fourth-order valence-corrected chi connectivity index (χ4v) is 2.65. The first-order valence-electron chi connectivity index (χ1n) is 5.42. The molecular weight excluding hydrogens is 295 g/mol. The first kappa shape index (κ1) is 16.5. The van der Waals surface area contributed by atoms with E-state index in [1.807, 2.05) is 0 Å². The number of aliphatic hydroxyl groups is 1. The summed E-state index contributed by atoms with van der Waals surface area (Å²) in [6.07, 6.45) is -4.63. The Bertz CT molecular complexity index is 642. The molecule has 0 aliphatic rings. The minimum atomic E-state index is -4.63. The molecule has 0 saturated carbocycles. The van der Waals surface area contributed by atoms with Gasteiger partial charge in [-0.05, 0) is 24.6 Å². The molecule has 20 heavy (non-hydrogen) atoms. The lowest BCUT2D eigenvalue weighted by atomic mass is 10.1. The molecule has 0 spiro atoms. The standard InChI is InChI=1S/C12H12F3NO3S/c1-9-4-5-10(3-2-6-17)7-11(9)20(18,19)16-8-12(13,14)15/h4-5,7,16-17H,6,8H2,1H3. The Hall–Kier alpha value is -1.56. The Labute approximate surface area is 114 Å². The van der Waals surface area contributed by atoms with Crippen molar-refractivity contribution in [2.75, 3.05) is 13.2 Å². The first-order valence-corrected chi connectivity index (χ1v) is 6.91. The number of hydrogen-bond acceptors (Lipinski definition) is 3. The van der Waals surface area contributed by atoms with Gasteiger partial charge >= 0.3 is 6.18 Å². The quantitative estimate of drug-likeness (QED) is 0.824. The number of alkyl halides is 3. The average molecular weight is 307 g/mol. The minimum Gasteiger partial charge on any atom is -0.384 e. The van der Waals surface area contributed by atoms with Gasteiger partial charge in [-0.15, -0.1) is 0 Å². The normalized spacial score (nSPS) is 11.8. The molecule has 1 aromatic rings. The number of rotatable bonds is 3. The number of hydrogen-bond donors (Lipinski definition) is 2. The van der Waals surface area contributed by atoms with Crippen LogP contribution in [0.25, 0.3) is 0 Å². The van der Waals surface area contributed by atoms with E-state index in [1.165, 1.54) is 23.8 Å². The van der Waals surface area contributed by atoms with Crippen LogP contribution >= 0.6 is 0 Å². The molecule has 0 fully saturated rings. The molecule has 2 N–H and O–H groups in total. The van der Waals surface area contributed by atoms with Gasteiger partial charge in [-0.25, -0.2) is 13.1 Å². The summed E-state index contributed by atoms with van der Waals surface area (Å²) in [4.78, 5) is -0.272. The lowest BCUT2D eigenvalue weighted by molar-refractivity contribution is -0.121. The molecule has 0 radical (unpaired) electrons. The molecule has 4 nitrogen and oxygen atoms in total. The molecule has 0 bridgehead atoms. The summed E-state index contributed by atoms with van der Waals surface area (Å²) in [7, 11) is -4.27. The first-order chi connectivity index (χ1) is 9.15. The van der Waals surface area contributed by atoms with Crippen LogP contribution in [0.1, 0.15) is 11.1 Å². The summed E-state index contributed by atoms with van der Waals surface area (Å²) < 4.78 is 61.3. The third-order valence-electron chi connectivity index (χ3n) is 2.25.